The van der Waals surface area contributed by atoms with Crippen molar-refractivity contribution in [3.05, 3.63) is 71.3 Å². The summed E-state index contributed by atoms with van der Waals surface area (Å²) in [4.78, 5) is 29.3. The number of anilines is 3. The van der Waals surface area contributed by atoms with E-state index in [-0.39, 0.29) is 18.0 Å². The van der Waals surface area contributed by atoms with Gasteiger partial charge in [0.25, 0.3) is 5.91 Å². The van der Waals surface area contributed by atoms with Crippen molar-refractivity contribution in [1.29, 1.82) is 0 Å². The first-order chi connectivity index (χ1) is 17.0. The fourth-order valence-corrected chi connectivity index (χ4v) is 5.09. The Kier molecular flexibility index (Phi) is 6.27. The number of nitrogens with one attached hydrogen (secondary N) is 4. The summed E-state index contributed by atoms with van der Waals surface area (Å²) in [5.74, 6) is 0.974. The van der Waals surface area contributed by atoms with Crippen molar-refractivity contribution in [2.75, 3.05) is 10.6 Å². The van der Waals surface area contributed by atoms with Crippen LogP contribution >= 0.6 is 0 Å². The number of amides is 2. The molecule has 8 nitrogen and oxygen atoms in total. The monoisotopic (exact) mass is 471 g/mol. The molecule has 8 heteroatoms. The SMILES string of the molecule is Cc1cccc(Nc2nc(NC3CCCCC3NC(=O)O)c(-c3ccccc3)c3c2C(=O)NC3)c1. The van der Waals surface area contributed by atoms with E-state index < -0.39 is 6.09 Å². The molecule has 1 saturated carbocycles. The summed E-state index contributed by atoms with van der Waals surface area (Å²) >= 11 is 0. The smallest absolute Gasteiger partial charge is 0.404 e. The largest absolute Gasteiger partial charge is 0.465 e. The zero-order valence-corrected chi connectivity index (χ0v) is 19.6. The van der Waals surface area contributed by atoms with Crippen LogP contribution in [0.4, 0.5) is 22.1 Å². The van der Waals surface area contributed by atoms with Crippen molar-refractivity contribution in [2.45, 2.75) is 51.2 Å². The third kappa shape index (κ3) is 4.77. The quantitative estimate of drug-likeness (QED) is 0.344. The number of fused-ring (bicyclic) bond motifs is 1. The summed E-state index contributed by atoms with van der Waals surface area (Å²) in [5, 5.41) is 21.9. The van der Waals surface area contributed by atoms with Gasteiger partial charge in [-0.3, -0.25) is 4.79 Å². The number of hydrogen-bond donors (Lipinski definition) is 5. The lowest BCUT2D eigenvalue weighted by atomic mass is 9.89. The van der Waals surface area contributed by atoms with E-state index in [0.717, 1.165) is 53.6 Å². The van der Waals surface area contributed by atoms with E-state index in [1.165, 1.54) is 0 Å². The van der Waals surface area contributed by atoms with Crippen LogP contribution in [0.25, 0.3) is 11.1 Å². The van der Waals surface area contributed by atoms with Gasteiger partial charge in [0, 0.05) is 23.8 Å². The van der Waals surface area contributed by atoms with Crippen molar-refractivity contribution < 1.29 is 14.7 Å². The average molecular weight is 472 g/mol. The van der Waals surface area contributed by atoms with E-state index in [9.17, 15) is 14.7 Å². The fourth-order valence-electron chi connectivity index (χ4n) is 5.09. The molecule has 180 valence electrons. The minimum atomic E-state index is -1.02. The lowest BCUT2D eigenvalue weighted by molar-refractivity contribution is 0.0966. The van der Waals surface area contributed by atoms with Gasteiger partial charge in [-0.2, -0.15) is 0 Å². The van der Waals surface area contributed by atoms with Crippen molar-refractivity contribution in [3.63, 3.8) is 0 Å². The molecule has 0 saturated heterocycles. The highest BCUT2D eigenvalue weighted by Gasteiger charge is 2.33. The molecule has 1 aliphatic carbocycles. The highest BCUT2D eigenvalue weighted by molar-refractivity contribution is 6.06. The summed E-state index contributed by atoms with van der Waals surface area (Å²) < 4.78 is 0. The molecule has 2 aliphatic rings. The molecule has 2 aromatic carbocycles. The molecule has 2 heterocycles. The Bertz CT molecular complexity index is 1260. The first-order valence-electron chi connectivity index (χ1n) is 12.0. The zero-order chi connectivity index (χ0) is 24.4. The van der Waals surface area contributed by atoms with Gasteiger partial charge in [0.05, 0.1) is 11.6 Å². The van der Waals surface area contributed by atoms with Gasteiger partial charge in [0.2, 0.25) is 0 Å². The maximum atomic E-state index is 12.9. The molecule has 0 radical (unpaired) electrons. The number of carboxylic acid groups (broad SMARTS) is 1. The van der Waals surface area contributed by atoms with Crippen LogP contribution in [-0.4, -0.2) is 34.2 Å². The molecular weight excluding hydrogens is 442 g/mol. The van der Waals surface area contributed by atoms with Gasteiger partial charge >= 0.3 is 6.09 Å². The molecule has 3 aromatic rings. The van der Waals surface area contributed by atoms with Crippen LogP contribution < -0.4 is 21.3 Å². The Morgan fingerprint density at radius 3 is 2.51 bits per heavy atom. The fraction of sp³-hybridized carbons (Fsp3) is 0.296. The molecule has 1 aromatic heterocycles. The first kappa shape index (κ1) is 22.7. The number of aryl methyl sites for hydroxylation is 1. The summed E-state index contributed by atoms with van der Waals surface area (Å²) in [7, 11) is 0. The van der Waals surface area contributed by atoms with E-state index in [0.29, 0.717) is 23.7 Å². The predicted molar refractivity (Wildman–Crippen MR) is 136 cm³/mol. The molecule has 5 N–H and O–H groups in total. The Morgan fingerprint density at radius 1 is 1.00 bits per heavy atom. The first-order valence-corrected chi connectivity index (χ1v) is 12.0. The Balaban J connectivity index is 1.62. The summed E-state index contributed by atoms with van der Waals surface area (Å²) in [5.41, 5.74) is 5.19. The van der Waals surface area contributed by atoms with Crippen LogP contribution in [0, 0.1) is 6.92 Å². The van der Waals surface area contributed by atoms with E-state index in [4.69, 9.17) is 4.98 Å². The minimum absolute atomic E-state index is 0.107. The number of carbonyl (C=O) groups is 2. The molecule has 2 unspecified atom stereocenters. The molecule has 1 fully saturated rings. The normalized spacial score (nSPS) is 18.9. The van der Waals surface area contributed by atoms with Crippen LogP contribution in [-0.2, 0) is 6.54 Å². The van der Waals surface area contributed by atoms with Crippen LogP contribution in [0.5, 0.6) is 0 Å². The van der Waals surface area contributed by atoms with Crippen molar-refractivity contribution in [1.82, 2.24) is 15.6 Å². The standard InChI is InChI=1S/C27H29N5O3/c1-16-8-7-11-18(14-16)29-25-23-19(15-28-26(23)33)22(17-9-3-2-4-10-17)24(32-25)30-20-12-5-6-13-21(20)31-27(34)35/h2-4,7-11,14,20-21,31H,5-6,12-13,15H2,1H3,(H,28,33)(H,34,35)(H2,29,30,32). The predicted octanol–water partition coefficient (Wildman–Crippen LogP) is 5.03. The Labute approximate surface area is 204 Å². The zero-order valence-electron chi connectivity index (χ0n) is 19.6. The molecular formula is C27H29N5O3. The molecule has 0 bridgehead atoms. The van der Waals surface area contributed by atoms with Crippen molar-refractivity contribution in [3.8, 4) is 11.1 Å². The van der Waals surface area contributed by atoms with E-state index in [2.05, 4.69) is 21.3 Å². The third-order valence-corrected chi connectivity index (χ3v) is 6.69. The van der Waals surface area contributed by atoms with Crippen LogP contribution in [0.2, 0.25) is 0 Å². The molecule has 0 spiro atoms. The van der Waals surface area contributed by atoms with Crippen LogP contribution in [0.15, 0.2) is 54.6 Å². The lowest BCUT2D eigenvalue weighted by Gasteiger charge is -2.33. The molecule has 35 heavy (non-hydrogen) atoms. The van der Waals surface area contributed by atoms with Crippen LogP contribution in [0.3, 0.4) is 0 Å². The van der Waals surface area contributed by atoms with Crippen molar-refractivity contribution >= 4 is 29.3 Å². The second-order valence-electron chi connectivity index (χ2n) is 9.17. The number of aromatic nitrogens is 1. The van der Waals surface area contributed by atoms with E-state index >= 15 is 0 Å². The summed E-state index contributed by atoms with van der Waals surface area (Å²) in [6, 6.07) is 17.5. The molecule has 1 aliphatic heterocycles. The van der Waals surface area contributed by atoms with E-state index in [1.807, 2.05) is 61.5 Å². The minimum Gasteiger partial charge on any atom is -0.465 e. The topological polar surface area (TPSA) is 115 Å². The van der Waals surface area contributed by atoms with Gasteiger partial charge in [-0.15, -0.1) is 0 Å². The van der Waals surface area contributed by atoms with Gasteiger partial charge in [0.15, 0.2) is 0 Å². The number of rotatable bonds is 6. The molecule has 2 amide bonds. The Hall–Kier alpha value is -4.07. The van der Waals surface area contributed by atoms with Gasteiger partial charge in [-0.05, 0) is 48.6 Å². The number of carbonyl (C=O) groups excluding carboxylic acids is 1. The molecule has 5 rings (SSSR count). The van der Waals surface area contributed by atoms with Gasteiger partial charge in [-0.25, -0.2) is 9.78 Å². The van der Waals surface area contributed by atoms with Crippen molar-refractivity contribution in [2.24, 2.45) is 0 Å². The maximum absolute atomic E-state index is 12.9. The second kappa shape index (κ2) is 9.66. The number of nitrogens with zero attached hydrogens (tertiary/aromatic N) is 1. The molecule has 2 atom stereocenters. The van der Waals surface area contributed by atoms with Gasteiger partial charge in [0.1, 0.15) is 11.6 Å². The lowest BCUT2D eigenvalue weighted by Crippen LogP contribution is -2.48. The number of benzene rings is 2. The van der Waals surface area contributed by atoms with Gasteiger partial charge < -0.3 is 26.4 Å². The maximum Gasteiger partial charge on any atom is 0.404 e. The summed E-state index contributed by atoms with van der Waals surface area (Å²) in [6.45, 7) is 2.42. The van der Waals surface area contributed by atoms with Crippen LogP contribution in [0.1, 0.15) is 47.2 Å². The Morgan fingerprint density at radius 2 is 1.77 bits per heavy atom. The number of hydrogen-bond acceptors (Lipinski definition) is 5. The second-order valence-corrected chi connectivity index (χ2v) is 9.17. The number of pyridine rings is 1. The average Bonchev–Trinajstić information content (AvgIpc) is 3.22. The van der Waals surface area contributed by atoms with Gasteiger partial charge in [-0.1, -0.05) is 55.3 Å². The highest BCUT2D eigenvalue weighted by atomic mass is 16.4. The van der Waals surface area contributed by atoms with E-state index in [1.54, 1.807) is 0 Å². The third-order valence-electron chi connectivity index (χ3n) is 6.69. The summed E-state index contributed by atoms with van der Waals surface area (Å²) in [6.07, 6.45) is 2.56. The highest BCUT2D eigenvalue weighted by Crippen LogP contribution is 2.39.